The van der Waals surface area contributed by atoms with Crippen LogP contribution < -0.4 is 5.32 Å². The first-order chi connectivity index (χ1) is 14.5. The molecule has 150 valence electrons. The molecule has 1 atom stereocenters. The van der Waals surface area contributed by atoms with E-state index in [4.69, 9.17) is 11.6 Å². The van der Waals surface area contributed by atoms with Gasteiger partial charge in [-0.15, -0.1) is 0 Å². The molecule has 0 fully saturated rings. The van der Waals surface area contributed by atoms with Gasteiger partial charge in [0.1, 0.15) is 5.69 Å². The van der Waals surface area contributed by atoms with Gasteiger partial charge in [0.25, 0.3) is 5.91 Å². The van der Waals surface area contributed by atoms with E-state index in [0.717, 1.165) is 22.1 Å². The van der Waals surface area contributed by atoms with Crippen molar-refractivity contribution in [3.63, 3.8) is 0 Å². The van der Waals surface area contributed by atoms with E-state index in [1.54, 1.807) is 42.9 Å². The molecule has 0 saturated heterocycles. The molecule has 2 aromatic heterocycles. The van der Waals surface area contributed by atoms with Crippen LogP contribution in [-0.4, -0.2) is 26.3 Å². The smallest absolute Gasteiger partial charge is 0.270 e. The predicted molar refractivity (Wildman–Crippen MR) is 120 cm³/mol. The quantitative estimate of drug-likeness (QED) is 0.496. The maximum absolute atomic E-state index is 12.8. The fourth-order valence-electron chi connectivity index (χ4n) is 3.21. The normalized spacial score (nSPS) is 11.9. The molecule has 4 rings (SSSR count). The molecule has 5 nitrogen and oxygen atoms in total. The minimum Gasteiger partial charge on any atom is -0.347 e. The molecule has 2 aromatic carbocycles. The molecule has 2 heterocycles. The number of carbonyl (C=O) groups excluding carboxylic acids is 1. The third-order valence-electron chi connectivity index (χ3n) is 4.71. The summed E-state index contributed by atoms with van der Waals surface area (Å²) in [5, 5.41) is 4.36. The average molecular weight is 436 g/mol. The molecule has 4 aromatic rings. The monoisotopic (exact) mass is 435 g/mol. The number of pyridine rings is 2. The summed E-state index contributed by atoms with van der Waals surface area (Å²) in [4.78, 5) is 22.3. The number of benzene rings is 2. The molecule has 0 saturated carbocycles. The highest BCUT2D eigenvalue weighted by atomic mass is 35.5. The number of rotatable bonds is 5. The third kappa shape index (κ3) is 4.25. The molecule has 1 amide bonds. The highest BCUT2D eigenvalue weighted by Crippen LogP contribution is 2.27. The first-order valence-electron chi connectivity index (χ1n) is 9.23. The Morgan fingerprint density at radius 1 is 1.03 bits per heavy atom. The van der Waals surface area contributed by atoms with Gasteiger partial charge in [-0.05, 0) is 41.5 Å². The van der Waals surface area contributed by atoms with Crippen LogP contribution in [-0.2, 0) is 17.3 Å². The number of hydrogen-bond donors (Lipinski definition) is 1. The summed E-state index contributed by atoms with van der Waals surface area (Å²) in [5.41, 5.74) is 3.56. The highest BCUT2D eigenvalue weighted by molar-refractivity contribution is 7.84. The zero-order valence-corrected chi connectivity index (χ0v) is 17.7. The van der Waals surface area contributed by atoms with Gasteiger partial charge in [-0.1, -0.05) is 41.9 Å². The Kier molecular flexibility index (Phi) is 5.88. The Labute approximate surface area is 181 Å². The van der Waals surface area contributed by atoms with Crippen LogP contribution in [0.4, 0.5) is 0 Å². The Balaban J connectivity index is 1.63. The van der Waals surface area contributed by atoms with Crippen LogP contribution in [0.3, 0.4) is 0 Å². The lowest BCUT2D eigenvalue weighted by Crippen LogP contribution is -2.24. The number of fused-ring (bicyclic) bond motifs is 1. The topological polar surface area (TPSA) is 72.0 Å². The van der Waals surface area contributed by atoms with E-state index in [-0.39, 0.29) is 12.5 Å². The molecule has 1 N–H and O–H groups in total. The molecular formula is C23H18ClN3O2S. The number of nitrogens with one attached hydrogen (secondary N) is 1. The predicted octanol–water partition coefficient (Wildman–Crippen LogP) is 4.62. The van der Waals surface area contributed by atoms with Gasteiger partial charge < -0.3 is 5.32 Å². The van der Waals surface area contributed by atoms with Crippen molar-refractivity contribution in [3.8, 4) is 11.1 Å². The summed E-state index contributed by atoms with van der Waals surface area (Å²) in [6, 6.07) is 18.3. The SMILES string of the molecule is CS(=O)c1ccccc1CNC(=O)c1ccc2cncc(-c3ccc(Cl)cc3)c2n1. The van der Waals surface area contributed by atoms with Crippen LogP contribution in [0.2, 0.25) is 5.02 Å². The summed E-state index contributed by atoms with van der Waals surface area (Å²) in [7, 11) is -1.13. The Bertz CT molecular complexity index is 1260. The lowest BCUT2D eigenvalue weighted by Gasteiger charge is -2.10. The van der Waals surface area contributed by atoms with Gasteiger partial charge in [0.15, 0.2) is 0 Å². The number of amides is 1. The second kappa shape index (κ2) is 8.73. The standard InChI is InChI=1S/C23H18ClN3O2S/c1-30(29)21-5-3-2-4-16(21)13-26-23(28)20-11-8-17-12-25-14-19(22(17)27-20)15-6-9-18(24)10-7-15/h2-12,14H,13H2,1H3,(H,26,28). The fourth-order valence-corrected chi connectivity index (χ4v) is 4.11. The van der Waals surface area contributed by atoms with Crippen LogP contribution in [0.25, 0.3) is 22.0 Å². The molecule has 0 aliphatic rings. The zero-order valence-electron chi connectivity index (χ0n) is 16.1. The van der Waals surface area contributed by atoms with Crippen LogP contribution in [0, 0.1) is 0 Å². The van der Waals surface area contributed by atoms with Gasteiger partial charge in [0, 0.05) is 46.1 Å². The van der Waals surface area contributed by atoms with E-state index >= 15 is 0 Å². The first kappa shape index (κ1) is 20.2. The molecule has 1 unspecified atom stereocenters. The van der Waals surface area contributed by atoms with Crippen molar-refractivity contribution in [2.45, 2.75) is 11.4 Å². The number of carbonyl (C=O) groups is 1. The highest BCUT2D eigenvalue weighted by Gasteiger charge is 2.13. The molecule has 7 heteroatoms. The van der Waals surface area contributed by atoms with Gasteiger partial charge in [-0.2, -0.15) is 0 Å². The van der Waals surface area contributed by atoms with E-state index in [9.17, 15) is 9.00 Å². The number of aromatic nitrogens is 2. The van der Waals surface area contributed by atoms with Gasteiger partial charge in [-0.25, -0.2) is 4.98 Å². The van der Waals surface area contributed by atoms with E-state index in [2.05, 4.69) is 15.3 Å². The van der Waals surface area contributed by atoms with E-state index in [1.807, 2.05) is 36.4 Å². The van der Waals surface area contributed by atoms with Gasteiger partial charge >= 0.3 is 0 Å². The Hall–Kier alpha value is -3.09. The molecule has 0 bridgehead atoms. The Morgan fingerprint density at radius 2 is 1.80 bits per heavy atom. The van der Waals surface area contributed by atoms with Crippen LogP contribution in [0.15, 0.2) is 78.0 Å². The van der Waals surface area contributed by atoms with Crippen molar-refractivity contribution in [2.24, 2.45) is 0 Å². The molecule has 0 spiro atoms. The van der Waals surface area contributed by atoms with Crippen molar-refractivity contribution in [1.82, 2.24) is 15.3 Å². The first-order valence-corrected chi connectivity index (χ1v) is 11.2. The molecule has 0 aliphatic heterocycles. The summed E-state index contributed by atoms with van der Waals surface area (Å²) in [6.45, 7) is 0.273. The Morgan fingerprint density at radius 3 is 2.57 bits per heavy atom. The van der Waals surface area contributed by atoms with Gasteiger partial charge in [0.05, 0.1) is 16.3 Å². The van der Waals surface area contributed by atoms with Crippen molar-refractivity contribution in [3.05, 3.63) is 89.3 Å². The lowest BCUT2D eigenvalue weighted by atomic mass is 10.0. The minimum absolute atomic E-state index is 0.273. The van der Waals surface area contributed by atoms with Crippen molar-refractivity contribution in [1.29, 1.82) is 0 Å². The van der Waals surface area contributed by atoms with Crippen LogP contribution in [0.1, 0.15) is 16.1 Å². The fraction of sp³-hybridized carbons (Fsp3) is 0.0870. The second-order valence-corrected chi connectivity index (χ2v) is 8.49. The third-order valence-corrected chi connectivity index (χ3v) is 5.98. The van der Waals surface area contributed by atoms with E-state index in [1.165, 1.54) is 0 Å². The minimum atomic E-state index is -1.13. The summed E-state index contributed by atoms with van der Waals surface area (Å²) in [5.74, 6) is -0.299. The zero-order chi connectivity index (χ0) is 21.1. The van der Waals surface area contributed by atoms with E-state index in [0.29, 0.717) is 21.1 Å². The number of halogens is 1. The average Bonchev–Trinajstić information content (AvgIpc) is 2.77. The van der Waals surface area contributed by atoms with Crippen molar-refractivity contribution >= 4 is 39.2 Å². The van der Waals surface area contributed by atoms with Gasteiger partial charge in [0.2, 0.25) is 0 Å². The summed E-state index contributed by atoms with van der Waals surface area (Å²) >= 11 is 6.00. The van der Waals surface area contributed by atoms with Crippen LogP contribution >= 0.6 is 11.6 Å². The molecular weight excluding hydrogens is 418 g/mol. The maximum atomic E-state index is 12.8. The van der Waals surface area contributed by atoms with E-state index < -0.39 is 10.8 Å². The molecule has 30 heavy (non-hydrogen) atoms. The van der Waals surface area contributed by atoms with Crippen molar-refractivity contribution in [2.75, 3.05) is 6.26 Å². The largest absolute Gasteiger partial charge is 0.347 e. The summed E-state index contributed by atoms with van der Waals surface area (Å²) in [6.07, 6.45) is 5.07. The van der Waals surface area contributed by atoms with Crippen LogP contribution in [0.5, 0.6) is 0 Å². The lowest BCUT2D eigenvalue weighted by molar-refractivity contribution is 0.0946. The number of hydrogen-bond acceptors (Lipinski definition) is 4. The van der Waals surface area contributed by atoms with Crippen molar-refractivity contribution < 1.29 is 9.00 Å². The molecule has 0 radical (unpaired) electrons. The molecule has 0 aliphatic carbocycles. The second-order valence-electron chi connectivity index (χ2n) is 6.71. The van der Waals surface area contributed by atoms with Gasteiger partial charge in [-0.3, -0.25) is 14.0 Å². The number of nitrogens with zero attached hydrogens (tertiary/aromatic N) is 2. The summed E-state index contributed by atoms with van der Waals surface area (Å²) < 4.78 is 11.9. The maximum Gasteiger partial charge on any atom is 0.270 e.